The number of rotatable bonds is 21. The lowest BCUT2D eigenvalue weighted by atomic mass is 9.80. The Balaban J connectivity index is 1.18. The lowest BCUT2D eigenvalue weighted by Gasteiger charge is -2.45. The molecule has 0 amide bonds. The summed E-state index contributed by atoms with van der Waals surface area (Å²) in [7, 11) is 0.402. The average molecular weight is 762 g/mol. The normalized spacial score (nSPS) is 18.3. The van der Waals surface area contributed by atoms with Gasteiger partial charge in [-0.25, -0.2) is 22.3 Å². The third-order valence-electron chi connectivity index (χ3n) is 12.6. The maximum absolute atomic E-state index is 13.9. The Hall–Kier alpha value is -2.71. The van der Waals surface area contributed by atoms with Crippen LogP contribution in [0, 0.1) is 0 Å². The van der Waals surface area contributed by atoms with E-state index in [1.165, 1.54) is 101 Å². The molecule has 2 aromatic carbocycles. The second-order valence-electron chi connectivity index (χ2n) is 17.9. The molecule has 1 unspecified atom stereocenters. The van der Waals surface area contributed by atoms with Crippen LogP contribution in [0.1, 0.15) is 175 Å². The monoisotopic (exact) mass is 762 g/mol. The molecule has 54 heavy (non-hydrogen) atoms. The van der Waals surface area contributed by atoms with Crippen LogP contribution in [0.15, 0.2) is 35.3 Å². The molecule has 0 fully saturated rings. The zero-order chi connectivity index (χ0) is 39.1. The largest absolute Gasteiger partial charge is 0.452 e. The van der Waals surface area contributed by atoms with E-state index >= 15 is 0 Å². The Bertz CT molecular complexity index is 1860. The van der Waals surface area contributed by atoms with E-state index in [9.17, 15) is 8.42 Å². The molecule has 0 spiro atoms. The van der Waals surface area contributed by atoms with Gasteiger partial charge in [-0.15, -0.1) is 0 Å². The number of unbranched alkanes of at least 4 members (excludes halogenated alkanes) is 15. The van der Waals surface area contributed by atoms with Gasteiger partial charge in [-0.2, -0.15) is 0 Å². The number of likely N-dealkylation sites (N-methyl/N-ethyl adjacent to an activating group) is 1. The van der Waals surface area contributed by atoms with Gasteiger partial charge in [0.25, 0.3) is 0 Å². The van der Waals surface area contributed by atoms with Crippen molar-refractivity contribution in [3.63, 3.8) is 0 Å². The zero-order valence-corrected chi connectivity index (χ0v) is 36.3. The number of anilines is 1. The van der Waals surface area contributed by atoms with E-state index in [2.05, 4.69) is 95.3 Å². The van der Waals surface area contributed by atoms with Crippen molar-refractivity contribution in [2.24, 2.45) is 4.99 Å². The Morgan fingerprint density at radius 3 is 1.98 bits per heavy atom. The number of hydrogen-bond donors (Lipinski definition) is 0. The van der Waals surface area contributed by atoms with Crippen LogP contribution < -0.4 is 24.9 Å². The first-order valence-electron chi connectivity index (χ1n) is 21.6. The van der Waals surface area contributed by atoms with E-state index in [4.69, 9.17) is 9.73 Å². The minimum atomic E-state index is -3.52. The van der Waals surface area contributed by atoms with Gasteiger partial charge in [-0.3, -0.25) is 0 Å². The van der Waals surface area contributed by atoms with E-state index in [1.807, 2.05) is 0 Å². The van der Waals surface area contributed by atoms with Crippen LogP contribution in [0.4, 0.5) is 11.4 Å². The predicted molar refractivity (Wildman–Crippen MR) is 229 cm³/mol. The van der Waals surface area contributed by atoms with Crippen molar-refractivity contribution < 1.29 is 13.2 Å². The van der Waals surface area contributed by atoms with Gasteiger partial charge >= 0.3 is 0 Å². The Kier molecular flexibility index (Phi) is 14.5. The van der Waals surface area contributed by atoms with Crippen molar-refractivity contribution in [1.29, 1.82) is 0 Å². The van der Waals surface area contributed by atoms with Gasteiger partial charge in [-0.1, -0.05) is 110 Å². The number of ether oxygens (including phenoxy) is 1. The molecule has 0 aliphatic carbocycles. The molecule has 0 saturated carbocycles. The molecule has 2 aromatic rings. The standard InChI is InChI=1S/C46H73N4O3S/c1-10-12-13-14-15-16-17-18-19-20-21-22-23-24-25-26-27-48(8)54(51,52)34-36-33-46(6,7)50(11-2)42-31-44-40(29-38(36)42)47-39-28-37-35(3)32-45(4,5)49(9)41(37)30-43(39)53-44/h28-31,33,35H,10-27,32,34H2,1-9H3/q+1. The van der Waals surface area contributed by atoms with Crippen molar-refractivity contribution in [2.45, 2.75) is 175 Å². The molecular formula is C46H73N4O3S+. The van der Waals surface area contributed by atoms with E-state index < -0.39 is 10.0 Å². The van der Waals surface area contributed by atoms with Crippen molar-refractivity contribution in [3.05, 3.63) is 52.2 Å². The van der Waals surface area contributed by atoms with Gasteiger partial charge in [0.05, 0.1) is 17.4 Å². The van der Waals surface area contributed by atoms with Gasteiger partial charge in [0, 0.05) is 51.8 Å². The fourth-order valence-corrected chi connectivity index (χ4v) is 10.4. The molecule has 3 aliphatic rings. The van der Waals surface area contributed by atoms with Gasteiger partial charge in [0.2, 0.25) is 15.4 Å². The van der Waals surface area contributed by atoms with Gasteiger partial charge in [0.15, 0.2) is 17.0 Å². The SMILES string of the molecule is CCCCCCCCCCCCCCCCCCN(C)S(=O)(=O)CC1=CC(C)(C)[N+](CC)=c2cc3c(cc21)=Nc1cc2c(cc1O3)N(C)C(C)(C)CC2C. The minimum absolute atomic E-state index is 0.0281. The van der Waals surface area contributed by atoms with E-state index in [0.29, 0.717) is 18.2 Å². The Labute approximate surface area is 329 Å². The first-order chi connectivity index (χ1) is 25.7. The summed E-state index contributed by atoms with van der Waals surface area (Å²) in [6.45, 7) is 17.0. The highest BCUT2D eigenvalue weighted by molar-refractivity contribution is 7.89. The summed E-state index contributed by atoms with van der Waals surface area (Å²) >= 11 is 0. The molecule has 7 nitrogen and oxygen atoms in total. The van der Waals surface area contributed by atoms with Gasteiger partial charge in [0.1, 0.15) is 17.6 Å². The third-order valence-corrected chi connectivity index (χ3v) is 14.4. The van der Waals surface area contributed by atoms with Crippen LogP contribution in [0.5, 0.6) is 11.5 Å². The summed E-state index contributed by atoms with van der Waals surface area (Å²) in [4.78, 5) is 7.50. The van der Waals surface area contributed by atoms with Crippen LogP contribution in [0.2, 0.25) is 0 Å². The lowest BCUT2D eigenvalue weighted by molar-refractivity contribution is 0.393. The number of fused-ring (bicyclic) bond motifs is 4. The topological polar surface area (TPSA) is 65.2 Å². The zero-order valence-electron chi connectivity index (χ0n) is 35.5. The van der Waals surface area contributed by atoms with Crippen molar-refractivity contribution in [3.8, 4) is 11.5 Å². The maximum Gasteiger partial charge on any atom is 0.218 e. The van der Waals surface area contributed by atoms with Crippen LogP contribution in [-0.2, 0) is 10.0 Å². The van der Waals surface area contributed by atoms with Crippen LogP contribution in [0.25, 0.3) is 5.57 Å². The molecule has 8 heteroatoms. The van der Waals surface area contributed by atoms with Crippen molar-refractivity contribution in [2.75, 3.05) is 37.8 Å². The number of sulfonamides is 1. The first-order valence-corrected chi connectivity index (χ1v) is 23.2. The second kappa shape index (κ2) is 18.5. The summed E-state index contributed by atoms with van der Waals surface area (Å²) in [5, 5.41) is 1.75. The highest BCUT2D eigenvalue weighted by Crippen LogP contribution is 2.48. The molecule has 3 heterocycles. The molecule has 0 bridgehead atoms. The first kappa shape index (κ1) is 42.4. The average Bonchev–Trinajstić information content (AvgIpc) is 3.11. The summed E-state index contributed by atoms with van der Waals surface area (Å²) in [6, 6.07) is 8.49. The van der Waals surface area contributed by atoms with Crippen LogP contribution >= 0.6 is 0 Å². The molecule has 300 valence electrons. The fraction of sp³-hybridized carbons (Fsp3) is 0.696. The molecule has 0 aromatic heterocycles. The molecule has 3 aliphatic heterocycles. The highest BCUT2D eigenvalue weighted by Gasteiger charge is 2.38. The smallest absolute Gasteiger partial charge is 0.218 e. The van der Waals surface area contributed by atoms with E-state index in [1.54, 1.807) is 11.4 Å². The molecule has 0 N–H and O–H groups in total. The maximum atomic E-state index is 13.9. The lowest BCUT2D eigenvalue weighted by Crippen LogP contribution is -2.50. The number of nitrogens with zero attached hydrogens (tertiary/aromatic N) is 4. The molecule has 0 radical (unpaired) electrons. The highest BCUT2D eigenvalue weighted by atomic mass is 32.2. The number of hydrogen-bond acceptors (Lipinski definition) is 5. The molecule has 1 atom stereocenters. The second-order valence-corrected chi connectivity index (χ2v) is 19.9. The van der Waals surface area contributed by atoms with E-state index in [0.717, 1.165) is 59.1 Å². The minimum Gasteiger partial charge on any atom is -0.452 e. The molecular weight excluding hydrogens is 689 g/mol. The van der Waals surface area contributed by atoms with Crippen molar-refractivity contribution >= 4 is 27.0 Å². The Morgan fingerprint density at radius 2 is 1.41 bits per heavy atom. The fourth-order valence-electron chi connectivity index (χ4n) is 9.12. The Morgan fingerprint density at radius 1 is 0.833 bits per heavy atom. The van der Waals surface area contributed by atoms with Crippen LogP contribution in [0.3, 0.4) is 0 Å². The molecule has 0 saturated heterocycles. The van der Waals surface area contributed by atoms with Gasteiger partial charge in [-0.05, 0) is 68.9 Å². The molecule has 5 rings (SSSR count). The van der Waals surface area contributed by atoms with Crippen molar-refractivity contribution in [1.82, 2.24) is 8.88 Å². The van der Waals surface area contributed by atoms with E-state index in [-0.39, 0.29) is 16.8 Å². The summed E-state index contributed by atoms with van der Waals surface area (Å²) in [5.41, 5.74) is 4.79. The summed E-state index contributed by atoms with van der Waals surface area (Å²) in [6.07, 6.45) is 24.2. The quantitative estimate of drug-likeness (QED) is 0.0801. The third kappa shape index (κ3) is 10.2. The van der Waals surface area contributed by atoms with Gasteiger partial charge < -0.3 is 9.64 Å². The van der Waals surface area contributed by atoms with Crippen LogP contribution in [-0.4, -0.2) is 56.7 Å². The number of benzene rings is 2. The summed E-state index contributed by atoms with van der Waals surface area (Å²) < 4.78 is 38.3. The summed E-state index contributed by atoms with van der Waals surface area (Å²) in [5.74, 6) is 1.86. The predicted octanol–water partition coefficient (Wildman–Crippen LogP) is 10.7.